The number of phenolic OH excluding ortho intramolecular Hbond substituents is 1. The number of nitro benzene ring substituents is 2. The summed E-state index contributed by atoms with van der Waals surface area (Å²) in [7, 11) is -5.08. The van der Waals surface area contributed by atoms with Crippen molar-refractivity contribution in [1.82, 2.24) is 48.1 Å². The molecule has 1 aliphatic heterocycles. The Morgan fingerprint density at radius 1 is 0.486 bits per heavy atom. The van der Waals surface area contributed by atoms with Crippen molar-refractivity contribution in [3.8, 4) is 40.2 Å². The number of benzene rings is 6. The number of anilines is 2. The molecule has 0 spiro atoms. The SMILES string of the molecule is C1CCOC1.CON(C)S(=O)(=O)c1cc2nccc(Cl)c2s1.CON(C)S(=O)(=O)c1cc2nccc(Oc3ccc(N)cc3F)c2s1.CON(C)S(=O)(=O)c1cc2nccc(Oc3ccc(NC(=S)NC(=O)Cc4ccccc4)cc3F)c2s1.CON(C)S(=O)(=O)c1cc2nccc(Oc3ccc([N+](=O)[O-])cc3F)c2s1.Clc1ccnc2ccsc12.O=C(Cc1ccccc1)N=C=S.O=[N+]([O-])c1ccc(O)c(F)c1. The van der Waals surface area contributed by atoms with E-state index in [1.807, 2.05) is 77.3 Å². The summed E-state index contributed by atoms with van der Waals surface area (Å²) < 4.78 is 182. The summed E-state index contributed by atoms with van der Waals surface area (Å²) in [6.45, 7) is 2.00. The number of aromatic nitrogens is 5. The predicted octanol–water partition coefficient (Wildman–Crippen LogP) is 20.0. The van der Waals surface area contributed by atoms with E-state index in [-0.39, 0.29) is 80.3 Å². The second kappa shape index (κ2) is 52.7. The molecule has 0 aliphatic carbocycles. The molecule has 0 unspecified atom stereocenters. The quantitative estimate of drug-likeness (QED) is 0.0103. The van der Waals surface area contributed by atoms with Gasteiger partial charge in [-0.1, -0.05) is 102 Å². The molecule has 2 amide bonds. The van der Waals surface area contributed by atoms with E-state index in [0.29, 0.717) is 74.3 Å². The number of aromatic hydroxyl groups is 1. The Kier molecular flexibility index (Phi) is 41.4. The number of halogens is 6. The van der Waals surface area contributed by atoms with E-state index >= 15 is 0 Å². The molecule has 0 saturated carbocycles. The van der Waals surface area contributed by atoms with E-state index in [9.17, 15) is 81.1 Å². The van der Waals surface area contributed by atoms with E-state index in [0.717, 1.165) is 135 Å². The Bertz CT molecular complexity index is 7840. The van der Waals surface area contributed by atoms with E-state index < -0.39 is 84.6 Å². The Hall–Kier alpha value is -12.8. The highest BCUT2D eigenvalue weighted by atomic mass is 35.5. The third-order valence-electron chi connectivity index (χ3n) is 18.8. The first-order valence-electron chi connectivity index (χ1n) is 40.6. The van der Waals surface area contributed by atoms with Crippen molar-refractivity contribution >= 4 is 240 Å². The first-order valence-corrected chi connectivity index (χ1v) is 52.1. The number of thiophene rings is 5. The van der Waals surface area contributed by atoms with Gasteiger partial charge in [0.05, 0.1) is 130 Å². The number of isothiocyanates is 1. The number of hydrogen-bond acceptors (Lipinski definition) is 36. The molecule has 144 heavy (non-hydrogen) atoms. The van der Waals surface area contributed by atoms with Crippen molar-refractivity contribution in [2.75, 3.05) is 80.9 Å². The smallest absolute Gasteiger partial charge is 0.274 e. The number of carbonyl (C=O) groups is 2. The number of nitrogens with zero attached hydrogens (tertiary/aromatic N) is 12. The largest absolute Gasteiger partial charge is 0.505 e. The van der Waals surface area contributed by atoms with Gasteiger partial charge in [0.2, 0.25) is 5.91 Å². The molecular weight excluding hydrogens is 2150 g/mol. The van der Waals surface area contributed by atoms with Gasteiger partial charge in [0.25, 0.3) is 57.4 Å². The fourth-order valence-corrected chi connectivity index (χ4v) is 23.0. The average molecular weight is 2230 g/mol. The number of nitrogens with one attached hydrogen (secondary N) is 2. The molecule has 0 atom stereocenters. The molecule has 1 aliphatic rings. The Balaban J connectivity index is 0.000000178. The van der Waals surface area contributed by atoms with E-state index in [1.54, 1.807) is 29.7 Å². The van der Waals surface area contributed by atoms with E-state index in [1.165, 1.54) is 167 Å². The number of fused-ring (bicyclic) bond motifs is 5. The molecule has 5 N–H and O–H groups in total. The molecule has 10 aromatic heterocycles. The number of nitrogen functional groups attached to an aromatic ring is 1. The number of sulfonamides is 4. The normalized spacial score (nSPS) is 11.7. The highest BCUT2D eigenvalue weighted by Crippen LogP contribution is 2.43. The molecule has 11 heterocycles. The molecular formula is C89H79Cl2F4N15O23S11. The Morgan fingerprint density at radius 3 is 1.23 bits per heavy atom. The number of pyridine rings is 5. The fourth-order valence-electron chi connectivity index (χ4n) is 11.5. The van der Waals surface area contributed by atoms with Gasteiger partial charge in [0, 0.05) is 126 Å². The van der Waals surface area contributed by atoms with E-state index in [4.69, 9.17) is 84.6 Å². The second-order valence-electron chi connectivity index (χ2n) is 28.3. The second-order valence-corrected chi connectivity index (χ2v) is 43.5. The van der Waals surface area contributed by atoms with Crippen LogP contribution in [-0.2, 0) is 86.6 Å². The molecule has 38 nitrogen and oxygen atoms in total. The van der Waals surface area contributed by atoms with Gasteiger partial charge in [0.1, 0.15) is 34.1 Å². The van der Waals surface area contributed by atoms with Crippen LogP contribution in [-0.4, -0.2) is 183 Å². The van der Waals surface area contributed by atoms with E-state index in [2.05, 4.69) is 52.8 Å². The van der Waals surface area contributed by atoms with Gasteiger partial charge >= 0.3 is 0 Å². The zero-order valence-corrected chi connectivity index (χ0v) is 86.3. The Labute approximate surface area is 859 Å². The summed E-state index contributed by atoms with van der Waals surface area (Å²) in [5.41, 5.74) is 9.76. The van der Waals surface area contributed by atoms with Gasteiger partial charge in [-0.15, -0.1) is 56.7 Å². The number of phenols is 1. The van der Waals surface area contributed by atoms with Gasteiger partial charge in [-0.3, -0.25) is 74.1 Å². The van der Waals surface area contributed by atoms with Crippen LogP contribution in [0.15, 0.2) is 252 Å². The average Bonchev–Trinajstić information content (AvgIpc) is 1.63. The number of nitro groups is 2. The van der Waals surface area contributed by atoms with Crippen molar-refractivity contribution in [3.63, 3.8) is 0 Å². The third kappa shape index (κ3) is 30.7. The number of hydrogen-bond donors (Lipinski definition) is 4. The minimum Gasteiger partial charge on any atom is -0.505 e. The highest BCUT2D eigenvalue weighted by molar-refractivity contribution is 7.92. The van der Waals surface area contributed by atoms with Crippen LogP contribution < -0.4 is 30.6 Å². The predicted molar refractivity (Wildman–Crippen MR) is 546 cm³/mol. The number of ether oxygens (including phenoxy) is 4. The monoisotopic (exact) mass is 2220 g/mol. The van der Waals surface area contributed by atoms with Gasteiger partial charge in [-0.05, 0) is 133 Å². The summed E-state index contributed by atoms with van der Waals surface area (Å²) in [5, 5.41) is 40.0. The standard InChI is InChI=1S/C24H21FN4O5S3.C15H12FN3O6S2.C15H14FN3O4S2.C9H9ClN2O3S2.C9H7NOS.C7H4ClNS.C6H4FNO3.C4H8O/c1-29(33-2)37(31,32)22-14-18-23(36-22)20(10-11-26-18)34-19-9-8-16(13-17(19)25)27-24(35)28-21(30)12-15-6-4-3-5-7-15;1-18(24-2)27(22,23)14-8-11-15(26-14)13(5-6-17-11)25-12-4-3-9(19(20)21)7-10(12)16;1-19(22-2)25(20,21)14-8-11-15(24-14)13(5-6-18-11)23-12-4-3-9(17)7-10(12)16;1-12(15-2)17(13,14)8-5-7-9(16-8)6(10)3-4-11-7;11-9(10-7-12)6-8-4-2-1-3-5-8;8-5-1-3-9-6-2-4-10-7(5)6;7-5-3-4(8(10)11)1-2-6(5)9;1-2-4-5-3-1/h3-11,13-14H,12H2,1-2H3,(H2,27,28,30,35);3-8H,1-2H3;3-8H,17H2,1-2H3;3-5H,1-2H3;1-5H,6H2;1-4H;1-3,9H;1-4H2. The molecule has 1 fully saturated rings. The van der Waals surface area contributed by atoms with Crippen LogP contribution in [0, 0.1) is 43.5 Å². The number of thiocarbonyl (C=S) groups is 2. The number of hydroxylamine groups is 4. The van der Waals surface area contributed by atoms with Crippen molar-refractivity contribution in [1.29, 1.82) is 0 Å². The number of amides is 2. The summed E-state index contributed by atoms with van der Waals surface area (Å²) >= 11 is 26.8. The molecule has 1 saturated heterocycles. The fraction of sp³-hybridized carbons (Fsp3) is 0.157. The van der Waals surface area contributed by atoms with Crippen molar-refractivity contribution < 1.29 is 114 Å². The molecule has 0 bridgehead atoms. The van der Waals surface area contributed by atoms with Gasteiger partial charge < -0.3 is 40.4 Å². The van der Waals surface area contributed by atoms with Crippen LogP contribution in [0.3, 0.4) is 0 Å². The zero-order chi connectivity index (χ0) is 105. The van der Waals surface area contributed by atoms with Crippen molar-refractivity contribution in [2.24, 2.45) is 4.99 Å². The van der Waals surface area contributed by atoms with Crippen LogP contribution in [0.25, 0.3) is 51.1 Å². The minimum atomic E-state index is -3.88. The lowest BCUT2D eigenvalue weighted by Crippen LogP contribution is -2.35. The molecule has 16 aromatic rings. The summed E-state index contributed by atoms with van der Waals surface area (Å²) in [6, 6.07) is 47.9. The Morgan fingerprint density at radius 2 is 0.854 bits per heavy atom. The molecule has 756 valence electrons. The lowest BCUT2D eigenvalue weighted by molar-refractivity contribution is -0.385. The topological polar surface area (TPSA) is 491 Å². The summed E-state index contributed by atoms with van der Waals surface area (Å²) in [4.78, 5) is 85.3. The number of nitrogens with two attached hydrogens (primary N) is 1. The van der Waals surface area contributed by atoms with Crippen molar-refractivity contribution in [2.45, 2.75) is 42.5 Å². The van der Waals surface area contributed by atoms with Crippen LogP contribution >= 0.6 is 104 Å². The zero-order valence-electron chi connectivity index (χ0n) is 75.8. The van der Waals surface area contributed by atoms with Crippen LogP contribution in [0.4, 0.5) is 40.3 Å². The van der Waals surface area contributed by atoms with Gasteiger partial charge in [-0.25, -0.2) is 51.2 Å². The summed E-state index contributed by atoms with van der Waals surface area (Å²) in [5.74, 6) is -4.02. The lowest BCUT2D eigenvalue weighted by atomic mass is 10.1. The van der Waals surface area contributed by atoms with Gasteiger partial charge in [-0.2, -0.15) is 4.99 Å². The minimum absolute atomic E-state index is 0.00163. The summed E-state index contributed by atoms with van der Waals surface area (Å²) in [6.07, 6.45) is 10.5. The first-order chi connectivity index (χ1) is 68.5. The van der Waals surface area contributed by atoms with Crippen molar-refractivity contribution in [3.05, 3.63) is 295 Å². The maximum Gasteiger partial charge on any atom is 0.274 e. The highest BCUT2D eigenvalue weighted by Gasteiger charge is 2.31. The van der Waals surface area contributed by atoms with Gasteiger partial charge in [0.15, 0.2) is 51.4 Å². The van der Waals surface area contributed by atoms with Crippen LogP contribution in [0.5, 0.6) is 40.2 Å². The molecule has 55 heteroatoms. The maximum absolute atomic E-state index is 14.9. The number of non-ortho nitro benzene ring substituents is 2. The van der Waals surface area contributed by atoms with Crippen LogP contribution in [0.2, 0.25) is 10.0 Å². The third-order valence-corrected chi connectivity index (χ3v) is 34.0. The molecule has 6 aromatic carbocycles. The van der Waals surface area contributed by atoms with Crippen LogP contribution in [0.1, 0.15) is 24.0 Å². The maximum atomic E-state index is 14.9. The lowest BCUT2D eigenvalue weighted by Gasteiger charge is -2.12. The first kappa shape index (κ1) is 113. The number of rotatable bonds is 25. The molecule has 0 radical (unpaired) electrons. The number of aliphatic imine (C=N–C) groups is 1. The number of carbonyl (C=O) groups excluding carboxylic acids is 2. The molecule has 17 rings (SSSR count).